The molecule has 0 amide bonds. The summed E-state index contributed by atoms with van der Waals surface area (Å²) in [6, 6.07) is 0. The van der Waals surface area contributed by atoms with Gasteiger partial charge in [-0.25, -0.2) is 0 Å². The van der Waals surface area contributed by atoms with Crippen LogP contribution in [0.15, 0.2) is 0 Å². The molecule has 2 rings (SSSR count). The van der Waals surface area contributed by atoms with E-state index in [1.807, 2.05) is 0 Å². The highest BCUT2D eigenvalue weighted by atomic mass is 31.2. The second-order valence-corrected chi connectivity index (χ2v) is 11.0. The van der Waals surface area contributed by atoms with Crippen molar-refractivity contribution in [1.29, 1.82) is 0 Å². The van der Waals surface area contributed by atoms with Gasteiger partial charge in [-0.2, -0.15) is 0 Å². The Bertz CT molecular complexity index is 271. The van der Waals surface area contributed by atoms with Gasteiger partial charge in [0.05, 0.1) is 7.14 Å². The van der Waals surface area contributed by atoms with E-state index < -0.39 is 7.14 Å². The standard InChI is InChI=1S/C18H35OP/c1-2-20(19,17-13-9-5-3-6-10-14-17)18-15-11-7-4-8-12-16-18/h17-18H,2-16H2,1H3. The Hall–Kier alpha value is 0.230. The molecule has 2 saturated carbocycles. The zero-order chi connectivity index (χ0) is 14.3. The third-order valence-corrected chi connectivity index (χ3v) is 10.4. The second-order valence-electron chi connectivity index (χ2n) is 7.17. The molecule has 0 spiro atoms. The molecule has 0 aromatic rings. The van der Waals surface area contributed by atoms with Crippen molar-refractivity contribution >= 4 is 7.14 Å². The predicted octanol–water partition coefficient (Wildman–Crippen LogP) is 6.60. The quantitative estimate of drug-likeness (QED) is 0.537. The summed E-state index contributed by atoms with van der Waals surface area (Å²) in [5.41, 5.74) is 1.16. The first-order chi connectivity index (χ1) is 9.77. The van der Waals surface area contributed by atoms with Gasteiger partial charge in [-0.15, -0.1) is 0 Å². The van der Waals surface area contributed by atoms with Gasteiger partial charge in [-0.1, -0.05) is 71.1 Å². The van der Waals surface area contributed by atoms with Crippen LogP contribution < -0.4 is 0 Å². The maximum absolute atomic E-state index is 13.8. The van der Waals surface area contributed by atoms with Crippen LogP contribution >= 0.6 is 7.14 Å². The molecule has 0 N–H and O–H groups in total. The molecule has 20 heavy (non-hydrogen) atoms. The van der Waals surface area contributed by atoms with Gasteiger partial charge in [0.2, 0.25) is 0 Å². The molecule has 0 aromatic carbocycles. The van der Waals surface area contributed by atoms with E-state index in [0.29, 0.717) is 11.3 Å². The molecule has 0 heterocycles. The fourth-order valence-corrected chi connectivity index (χ4v) is 8.67. The fourth-order valence-electron chi connectivity index (χ4n) is 4.56. The summed E-state index contributed by atoms with van der Waals surface area (Å²) in [4.78, 5) is 0. The lowest BCUT2D eigenvalue weighted by atomic mass is 10.00. The summed E-state index contributed by atoms with van der Waals surface area (Å²) < 4.78 is 13.8. The van der Waals surface area contributed by atoms with Crippen LogP contribution in [0.25, 0.3) is 0 Å². The fraction of sp³-hybridized carbons (Fsp3) is 1.00. The van der Waals surface area contributed by atoms with Crippen LogP contribution in [0.3, 0.4) is 0 Å². The molecule has 0 atom stereocenters. The van der Waals surface area contributed by atoms with E-state index in [2.05, 4.69) is 6.92 Å². The molecule has 2 heteroatoms. The molecule has 0 bridgehead atoms. The molecule has 2 aliphatic carbocycles. The molecule has 2 fully saturated rings. The largest absolute Gasteiger partial charge is 0.323 e. The van der Waals surface area contributed by atoms with Crippen molar-refractivity contribution in [2.24, 2.45) is 0 Å². The Morgan fingerprint density at radius 1 is 0.650 bits per heavy atom. The molecule has 1 nitrogen and oxygen atoms in total. The van der Waals surface area contributed by atoms with Crippen LogP contribution in [-0.4, -0.2) is 17.5 Å². The lowest BCUT2D eigenvalue weighted by molar-refractivity contribution is 0.457. The van der Waals surface area contributed by atoms with Crippen molar-refractivity contribution in [1.82, 2.24) is 0 Å². The van der Waals surface area contributed by atoms with Gasteiger partial charge in [0, 0.05) is 11.3 Å². The Morgan fingerprint density at radius 2 is 0.950 bits per heavy atom. The molecule has 0 aromatic heterocycles. The predicted molar refractivity (Wildman–Crippen MR) is 90.4 cm³/mol. The molecule has 0 radical (unpaired) electrons. The average molecular weight is 298 g/mol. The van der Waals surface area contributed by atoms with Crippen LogP contribution in [0.5, 0.6) is 0 Å². The topological polar surface area (TPSA) is 17.1 Å². The van der Waals surface area contributed by atoms with Gasteiger partial charge in [0.25, 0.3) is 0 Å². The van der Waals surface area contributed by atoms with Gasteiger partial charge >= 0.3 is 0 Å². The van der Waals surface area contributed by atoms with Crippen molar-refractivity contribution in [3.63, 3.8) is 0 Å². The first-order valence-corrected chi connectivity index (χ1v) is 11.4. The summed E-state index contributed by atoms with van der Waals surface area (Å²) in [5, 5.41) is 0. The molecule has 2 aliphatic rings. The molecular weight excluding hydrogens is 263 g/mol. The minimum Gasteiger partial charge on any atom is -0.323 e. The summed E-state index contributed by atoms with van der Waals surface area (Å²) in [7, 11) is -1.95. The van der Waals surface area contributed by atoms with Crippen LogP contribution in [-0.2, 0) is 4.57 Å². The lowest BCUT2D eigenvalue weighted by Gasteiger charge is -2.36. The van der Waals surface area contributed by atoms with Crippen LogP contribution in [0.2, 0.25) is 0 Å². The van der Waals surface area contributed by atoms with Crippen LogP contribution in [0.4, 0.5) is 0 Å². The molecule has 0 saturated heterocycles. The first kappa shape index (κ1) is 16.6. The average Bonchev–Trinajstić information content (AvgIpc) is 2.37. The zero-order valence-electron chi connectivity index (χ0n) is 13.6. The Morgan fingerprint density at radius 3 is 1.25 bits per heavy atom. The maximum Gasteiger partial charge on any atom is 0.0933 e. The monoisotopic (exact) mass is 298 g/mol. The summed E-state index contributed by atoms with van der Waals surface area (Å²) in [6.45, 7) is 2.22. The van der Waals surface area contributed by atoms with Gasteiger partial charge in [-0.3, -0.25) is 0 Å². The highest BCUT2D eigenvalue weighted by Gasteiger charge is 2.38. The van der Waals surface area contributed by atoms with E-state index in [9.17, 15) is 4.57 Å². The van der Waals surface area contributed by atoms with Gasteiger partial charge in [-0.05, 0) is 31.8 Å². The van der Waals surface area contributed by atoms with Crippen molar-refractivity contribution in [3.8, 4) is 0 Å². The second kappa shape index (κ2) is 8.62. The Kier molecular flexibility index (Phi) is 7.15. The molecular formula is C18H35OP. The number of hydrogen-bond acceptors (Lipinski definition) is 1. The van der Waals surface area contributed by atoms with E-state index in [4.69, 9.17) is 0 Å². The highest BCUT2D eigenvalue weighted by molar-refractivity contribution is 7.65. The van der Waals surface area contributed by atoms with E-state index in [-0.39, 0.29) is 0 Å². The van der Waals surface area contributed by atoms with E-state index in [0.717, 1.165) is 6.16 Å². The molecule has 0 unspecified atom stereocenters. The van der Waals surface area contributed by atoms with Gasteiger partial charge in [0.1, 0.15) is 0 Å². The minimum atomic E-state index is -1.95. The van der Waals surface area contributed by atoms with Crippen molar-refractivity contribution in [3.05, 3.63) is 0 Å². The first-order valence-electron chi connectivity index (χ1n) is 9.36. The number of hydrogen-bond donors (Lipinski definition) is 0. The van der Waals surface area contributed by atoms with Crippen LogP contribution in [0.1, 0.15) is 96.8 Å². The summed E-state index contributed by atoms with van der Waals surface area (Å²) in [6.07, 6.45) is 19.7. The minimum absolute atomic E-state index is 0.581. The van der Waals surface area contributed by atoms with Gasteiger partial charge in [0.15, 0.2) is 0 Å². The third kappa shape index (κ3) is 4.36. The molecule has 118 valence electrons. The molecule has 0 aliphatic heterocycles. The normalized spacial score (nSPS) is 25.4. The zero-order valence-corrected chi connectivity index (χ0v) is 14.5. The van der Waals surface area contributed by atoms with Crippen LogP contribution in [0, 0.1) is 0 Å². The number of rotatable bonds is 3. The van der Waals surface area contributed by atoms with E-state index in [1.54, 1.807) is 0 Å². The maximum atomic E-state index is 13.8. The summed E-state index contributed by atoms with van der Waals surface area (Å²) >= 11 is 0. The smallest absolute Gasteiger partial charge is 0.0933 e. The Balaban J connectivity index is 2.05. The SMILES string of the molecule is CCP(=O)(C1CCCCCCC1)C1CCCCCCC1. The van der Waals surface area contributed by atoms with E-state index in [1.165, 1.54) is 89.9 Å². The van der Waals surface area contributed by atoms with Crippen molar-refractivity contribution in [2.75, 3.05) is 6.16 Å². The van der Waals surface area contributed by atoms with E-state index >= 15 is 0 Å². The highest BCUT2D eigenvalue weighted by Crippen LogP contribution is 2.61. The third-order valence-electron chi connectivity index (χ3n) is 5.88. The van der Waals surface area contributed by atoms with Crippen molar-refractivity contribution in [2.45, 2.75) is 108 Å². The summed E-state index contributed by atoms with van der Waals surface area (Å²) in [5.74, 6) is 0. The van der Waals surface area contributed by atoms with Crippen molar-refractivity contribution < 1.29 is 4.57 Å². The van der Waals surface area contributed by atoms with Gasteiger partial charge < -0.3 is 4.57 Å². The Labute approximate surface area is 126 Å². The lowest BCUT2D eigenvalue weighted by Crippen LogP contribution is -2.22.